The van der Waals surface area contributed by atoms with E-state index in [1.807, 2.05) is 36.7 Å². The molecule has 0 aliphatic carbocycles. The molecule has 0 spiro atoms. The third-order valence-corrected chi connectivity index (χ3v) is 4.06. The predicted octanol–water partition coefficient (Wildman–Crippen LogP) is 4.33. The Morgan fingerprint density at radius 3 is 2.45 bits per heavy atom. The average Bonchev–Trinajstić information content (AvgIpc) is 3.02. The largest absolute Gasteiger partial charge is 0.399 e. The first-order chi connectivity index (χ1) is 10.6. The van der Waals surface area contributed by atoms with Crippen molar-refractivity contribution in [2.24, 2.45) is 0 Å². The van der Waals surface area contributed by atoms with Crippen LogP contribution in [0.3, 0.4) is 0 Å². The van der Waals surface area contributed by atoms with Crippen LogP contribution < -0.4 is 10.6 Å². The molecule has 0 aliphatic rings. The molecule has 4 nitrogen and oxygen atoms in total. The molecule has 3 rings (SSSR count). The third-order valence-electron chi connectivity index (χ3n) is 3.37. The molecule has 0 saturated heterocycles. The van der Waals surface area contributed by atoms with Crippen molar-refractivity contribution in [1.82, 2.24) is 9.97 Å². The van der Waals surface area contributed by atoms with Gasteiger partial charge in [0.2, 0.25) is 5.95 Å². The van der Waals surface area contributed by atoms with Gasteiger partial charge in [-0.25, -0.2) is 9.97 Å². The number of thiophene rings is 1. The molecule has 5 heteroatoms. The molecule has 2 heterocycles. The van der Waals surface area contributed by atoms with E-state index in [1.54, 1.807) is 11.3 Å². The van der Waals surface area contributed by atoms with Crippen LogP contribution in [0.1, 0.15) is 13.8 Å². The summed E-state index contributed by atoms with van der Waals surface area (Å²) in [5.74, 6) is 0.680. The van der Waals surface area contributed by atoms with Gasteiger partial charge in [0.15, 0.2) is 0 Å². The lowest BCUT2D eigenvalue weighted by atomic mass is 10.2. The van der Waals surface area contributed by atoms with Crippen LogP contribution >= 0.6 is 11.3 Å². The van der Waals surface area contributed by atoms with E-state index >= 15 is 0 Å². The summed E-state index contributed by atoms with van der Waals surface area (Å²) in [5, 5.41) is 4.15. The molecule has 0 unspecified atom stereocenters. The first-order valence-electron chi connectivity index (χ1n) is 7.14. The van der Waals surface area contributed by atoms with E-state index in [9.17, 15) is 0 Å². The number of anilines is 3. The lowest BCUT2D eigenvalue weighted by Gasteiger charge is -2.27. The maximum Gasteiger partial charge on any atom is 0.230 e. The number of hydrogen-bond acceptors (Lipinski definition) is 5. The number of nitrogens with zero attached hydrogens (tertiary/aromatic N) is 3. The summed E-state index contributed by atoms with van der Waals surface area (Å²) in [6, 6.07) is 10.1. The van der Waals surface area contributed by atoms with Crippen molar-refractivity contribution in [1.29, 1.82) is 0 Å². The third kappa shape index (κ3) is 2.94. The lowest BCUT2D eigenvalue weighted by Crippen LogP contribution is -2.27. The molecule has 2 aromatic heterocycles. The highest BCUT2D eigenvalue weighted by Crippen LogP contribution is 2.28. The Hall–Kier alpha value is -2.40. The fraction of sp³-hybridized carbons (Fsp3) is 0.176. The van der Waals surface area contributed by atoms with Crippen LogP contribution in [0.2, 0.25) is 0 Å². The molecule has 1 aromatic carbocycles. The Morgan fingerprint density at radius 2 is 1.86 bits per heavy atom. The summed E-state index contributed by atoms with van der Waals surface area (Å²) in [6.07, 6.45) is 3.73. The maximum atomic E-state index is 5.90. The number of nitrogens with two attached hydrogens (primary N) is 1. The average molecular weight is 310 g/mol. The zero-order chi connectivity index (χ0) is 15.5. The van der Waals surface area contributed by atoms with Gasteiger partial charge in [-0.15, -0.1) is 0 Å². The van der Waals surface area contributed by atoms with Gasteiger partial charge >= 0.3 is 0 Å². The summed E-state index contributed by atoms with van der Waals surface area (Å²) in [4.78, 5) is 11.2. The van der Waals surface area contributed by atoms with E-state index in [-0.39, 0.29) is 6.04 Å². The van der Waals surface area contributed by atoms with E-state index < -0.39 is 0 Å². The minimum absolute atomic E-state index is 0.230. The summed E-state index contributed by atoms with van der Waals surface area (Å²) in [6.45, 7) is 4.22. The van der Waals surface area contributed by atoms with Gasteiger partial charge in [-0.05, 0) is 54.4 Å². The van der Waals surface area contributed by atoms with Crippen molar-refractivity contribution in [2.75, 3.05) is 10.6 Å². The first kappa shape index (κ1) is 14.5. The maximum absolute atomic E-state index is 5.90. The van der Waals surface area contributed by atoms with Crippen molar-refractivity contribution in [2.45, 2.75) is 19.9 Å². The lowest BCUT2D eigenvalue weighted by molar-refractivity contribution is 0.763. The molecule has 0 atom stereocenters. The first-order valence-corrected chi connectivity index (χ1v) is 8.09. The quantitative estimate of drug-likeness (QED) is 0.729. The highest BCUT2D eigenvalue weighted by molar-refractivity contribution is 7.08. The van der Waals surface area contributed by atoms with Crippen LogP contribution in [0, 0.1) is 0 Å². The highest BCUT2D eigenvalue weighted by atomic mass is 32.1. The minimum atomic E-state index is 0.230. The standard InChI is InChI=1S/C17H18N4S/c1-12(2)21(16-5-3-4-15(18)8-16)17-19-9-14(10-20-17)13-6-7-22-11-13/h3-12H,18H2,1-2H3. The second-order valence-electron chi connectivity index (χ2n) is 5.34. The molecule has 2 N–H and O–H groups in total. The van der Waals surface area contributed by atoms with Crippen LogP contribution in [0.25, 0.3) is 11.1 Å². The molecule has 0 bridgehead atoms. The molecule has 22 heavy (non-hydrogen) atoms. The molecule has 112 valence electrons. The van der Waals surface area contributed by atoms with Crippen LogP contribution in [-0.4, -0.2) is 16.0 Å². The topological polar surface area (TPSA) is 55.0 Å². The molecule has 0 radical (unpaired) electrons. The Balaban J connectivity index is 1.96. The molecule has 0 amide bonds. The van der Waals surface area contributed by atoms with Crippen LogP contribution in [0.15, 0.2) is 53.5 Å². The van der Waals surface area contributed by atoms with Crippen LogP contribution in [-0.2, 0) is 0 Å². The van der Waals surface area contributed by atoms with E-state index in [0.29, 0.717) is 5.95 Å². The van der Waals surface area contributed by atoms with Gasteiger partial charge in [0.05, 0.1) is 0 Å². The molecular weight excluding hydrogens is 292 g/mol. The number of rotatable bonds is 4. The Morgan fingerprint density at radius 1 is 1.09 bits per heavy atom. The second-order valence-corrected chi connectivity index (χ2v) is 6.12. The number of hydrogen-bond donors (Lipinski definition) is 1. The fourth-order valence-corrected chi connectivity index (χ4v) is 3.01. The second kappa shape index (κ2) is 6.15. The van der Waals surface area contributed by atoms with Crippen molar-refractivity contribution < 1.29 is 0 Å². The van der Waals surface area contributed by atoms with Crippen molar-refractivity contribution in [3.05, 3.63) is 53.5 Å². The van der Waals surface area contributed by atoms with Gasteiger partial charge in [0, 0.05) is 35.4 Å². The Labute approximate surface area is 134 Å². The van der Waals surface area contributed by atoms with Gasteiger partial charge in [-0.1, -0.05) is 6.07 Å². The van der Waals surface area contributed by atoms with Crippen molar-refractivity contribution in [3.63, 3.8) is 0 Å². The number of nitrogen functional groups attached to an aromatic ring is 1. The van der Waals surface area contributed by atoms with E-state index in [4.69, 9.17) is 5.73 Å². The van der Waals surface area contributed by atoms with Crippen LogP contribution in [0.5, 0.6) is 0 Å². The van der Waals surface area contributed by atoms with Gasteiger partial charge in [0.25, 0.3) is 0 Å². The van der Waals surface area contributed by atoms with Gasteiger partial charge in [0.1, 0.15) is 0 Å². The SMILES string of the molecule is CC(C)N(c1cccc(N)c1)c1ncc(-c2ccsc2)cn1. The minimum Gasteiger partial charge on any atom is -0.399 e. The van der Waals surface area contributed by atoms with Crippen molar-refractivity contribution in [3.8, 4) is 11.1 Å². The van der Waals surface area contributed by atoms with Crippen LogP contribution in [0.4, 0.5) is 17.3 Å². The summed E-state index contributed by atoms with van der Waals surface area (Å²) >= 11 is 1.67. The van der Waals surface area contributed by atoms with Gasteiger partial charge < -0.3 is 10.6 Å². The normalized spacial score (nSPS) is 10.9. The Kier molecular flexibility index (Phi) is 4.06. The zero-order valence-corrected chi connectivity index (χ0v) is 13.4. The summed E-state index contributed by atoms with van der Waals surface area (Å²) < 4.78 is 0. The van der Waals surface area contributed by atoms with Gasteiger partial charge in [-0.2, -0.15) is 11.3 Å². The molecule has 0 fully saturated rings. The highest BCUT2D eigenvalue weighted by Gasteiger charge is 2.16. The molecule has 0 aliphatic heterocycles. The monoisotopic (exact) mass is 310 g/mol. The summed E-state index contributed by atoms with van der Waals surface area (Å²) in [7, 11) is 0. The molecular formula is C17H18N4S. The molecule has 3 aromatic rings. The van der Waals surface area contributed by atoms with E-state index in [0.717, 1.165) is 22.5 Å². The number of aromatic nitrogens is 2. The zero-order valence-electron chi connectivity index (χ0n) is 12.6. The summed E-state index contributed by atoms with van der Waals surface area (Å²) in [5.41, 5.74) is 9.81. The van der Waals surface area contributed by atoms with Crippen molar-refractivity contribution >= 4 is 28.7 Å². The van der Waals surface area contributed by atoms with Gasteiger partial charge in [-0.3, -0.25) is 0 Å². The van der Waals surface area contributed by atoms with E-state index in [1.165, 1.54) is 0 Å². The molecule has 0 saturated carbocycles. The fourth-order valence-electron chi connectivity index (χ4n) is 2.34. The van der Waals surface area contributed by atoms with E-state index in [2.05, 4.69) is 45.5 Å². The Bertz CT molecular complexity index is 736. The predicted molar refractivity (Wildman–Crippen MR) is 93.5 cm³/mol. The smallest absolute Gasteiger partial charge is 0.230 e. The number of benzene rings is 1.